The van der Waals surface area contributed by atoms with E-state index in [1.54, 1.807) is 45.8 Å². The molecule has 17 heteroatoms. The number of halogens is 2. The third kappa shape index (κ3) is 9.33. The largest absolute Gasteiger partial charge is 0.453 e. The first kappa shape index (κ1) is 44.3. The van der Waals surface area contributed by atoms with Crippen LogP contribution in [0.5, 0.6) is 0 Å². The lowest BCUT2D eigenvalue weighted by atomic mass is 10.0. The molecule has 5 atom stereocenters. The van der Waals surface area contributed by atoms with E-state index in [0.29, 0.717) is 60.1 Å². The van der Waals surface area contributed by atoms with Gasteiger partial charge in [0.1, 0.15) is 23.7 Å². The van der Waals surface area contributed by atoms with Gasteiger partial charge in [-0.2, -0.15) is 11.8 Å². The molecule has 4 N–H and O–H groups in total. The summed E-state index contributed by atoms with van der Waals surface area (Å²) in [6, 6.07) is 31.4. The van der Waals surface area contributed by atoms with Crippen LogP contribution in [0.1, 0.15) is 66.2 Å². The first-order valence-corrected chi connectivity index (χ1v) is 22.8. The molecule has 2 aliphatic rings. The third-order valence-electron chi connectivity index (χ3n) is 11.7. The molecule has 330 valence electrons. The summed E-state index contributed by atoms with van der Waals surface area (Å²) in [6.45, 7) is 0.968. The topological polar surface area (TPSA) is 175 Å². The minimum absolute atomic E-state index is 0.151. The number of ether oxygens (including phenoxy) is 2. The van der Waals surface area contributed by atoms with E-state index in [4.69, 9.17) is 37.7 Å². The Kier molecular flexibility index (Phi) is 13.6. The molecule has 0 saturated carbocycles. The molecule has 2 fully saturated rings. The number of thioether (sulfide) groups is 1. The highest BCUT2D eigenvalue weighted by Gasteiger charge is 2.42. The second kappa shape index (κ2) is 19.6. The first-order valence-electron chi connectivity index (χ1n) is 20.7. The molecule has 0 unspecified atom stereocenters. The number of likely N-dealkylation sites (tertiary alicyclic amines) is 2. The molecule has 2 aliphatic heterocycles. The first-order chi connectivity index (χ1) is 31.1. The van der Waals surface area contributed by atoms with Gasteiger partial charge in [-0.1, -0.05) is 132 Å². The van der Waals surface area contributed by atoms with Crippen molar-refractivity contribution in [3.05, 3.63) is 142 Å². The fourth-order valence-electron chi connectivity index (χ4n) is 8.43. The van der Waals surface area contributed by atoms with Crippen molar-refractivity contribution in [3.63, 3.8) is 0 Å². The molecular formula is C47H46Cl2N8O6S. The second-order valence-electron chi connectivity index (χ2n) is 15.5. The van der Waals surface area contributed by atoms with Gasteiger partial charge in [-0.3, -0.25) is 9.59 Å². The molecule has 4 heterocycles. The average Bonchev–Trinajstić information content (AvgIpc) is 4.16. The van der Waals surface area contributed by atoms with E-state index in [1.807, 2.05) is 91.2 Å². The van der Waals surface area contributed by atoms with Gasteiger partial charge in [-0.25, -0.2) is 19.6 Å². The maximum Gasteiger partial charge on any atom is 0.407 e. The Morgan fingerprint density at radius 1 is 0.656 bits per heavy atom. The Hall–Kier alpha value is -6.29. The molecule has 8 rings (SSSR count). The third-order valence-corrected chi connectivity index (χ3v) is 13.3. The summed E-state index contributed by atoms with van der Waals surface area (Å²) in [5.74, 6) is 0.599. The van der Waals surface area contributed by atoms with Gasteiger partial charge in [0.25, 0.3) is 11.8 Å². The monoisotopic (exact) mass is 920 g/mol. The number of alkyl carbamates (subject to hydrolysis) is 2. The number of benzene rings is 4. The fourth-order valence-corrected chi connectivity index (χ4v) is 9.61. The van der Waals surface area contributed by atoms with E-state index in [-0.39, 0.29) is 33.4 Å². The molecular weight excluding hydrogens is 876 g/mol. The van der Waals surface area contributed by atoms with Crippen LogP contribution in [-0.4, -0.2) is 92.6 Å². The Balaban J connectivity index is 0.973. The van der Waals surface area contributed by atoms with Crippen LogP contribution >= 0.6 is 35.0 Å². The molecule has 0 bridgehead atoms. The molecule has 2 saturated heterocycles. The van der Waals surface area contributed by atoms with Crippen molar-refractivity contribution in [2.75, 3.05) is 33.6 Å². The van der Waals surface area contributed by atoms with Gasteiger partial charge in [-0.15, -0.1) is 0 Å². The normalized spacial score (nSPS) is 18.0. The zero-order chi connectivity index (χ0) is 44.9. The van der Waals surface area contributed by atoms with E-state index in [0.717, 1.165) is 28.7 Å². The summed E-state index contributed by atoms with van der Waals surface area (Å²) in [5, 5.41) is 6.14. The van der Waals surface area contributed by atoms with Gasteiger partial charge in [-0.05, 0) is 47.8 Å². The smallest absolute Gasteiger partial charge is 0.407 e. The number of carbonyl (C=O) groups is 4. The molecule has 6 aromatic rings. The summed E-state index contributed by atoms with van der Waals surface area (Å²) in [4.78, 5) is 72.5. The summed E-state index contributed by atoms with van der Waals surface area (Å²) >= 11 is 15.2. The van der Waals surface area contributed by atoms with E-state index < -0.39 is 30.3 Å². The fraction of sp³-hybridized carbons (Fsp3) is 0.277. The van der Waals surface area contributed by atoms with Crippen molar-refractivity contribution in [2.45, 2.75) is 48.7 Å². The lowest BCUT2D eigenvalue weighted by molar-refractivity contribution is -0.135. The van der Waals surface area contributed by atoms with Gasteiger partial charge in [0.15, 0.2) is 10.3 Å². The highest BCUT2D eigenvalue weighted by atomic mass is 35.5. The zero-order valence-corrected chi connectivity index (χ0v) is 37.5. The second-order valence-corrected chi connectivity index (χ2v) is 17.3. The van der Waals surface area contributed by atoms with Crippen LogP contribution in [-0.2, 0) is 19.1 Å². The highest BCUT2D eigenvalue weighted by Crippen LogP contribution is 2.41. The van der Waals surface area contributed by atoms with Crippen LogP contribution in [0, 0.1) is 0 Å². The van der Waals surface area contributed by atoms with Gasteiger partial charge in [0, 0.05) is 29.5 Å². The molecule has 2 aromatic heterocycles. The number of nitrogens with one attached hydrogen (secondary N) is 4. The van der Waals surface area contributed by atoms with Crippen molar-refractivity contribution < 1.29 is 28.7 Å². The van der Waals surface area contributed by atoms with Crippen molar-refractivity contribution in [1.29, 1.82) is 0 Å². The number of aromatic amines is 2. The standard InChI is InChI=1S/C47H46Cl2N8O6S/c1-62-46(60)52-38(29-11-6-4-7-12-29)44(58)56-24-10-15-34(56)42-50-36(40(48)54-42)31-20-16-27(17-21-31)28-18-22-32(23-19-28)37-41(49)55-43(51-37)35-25-33(64-3)26-57(35)45(59)39(53-47(61)63-2)30-13-8-5-9-14-30/h4-9,11-14,16-23,33-35,38-39H,10,15,24-26H2,1-3H3,(H,50,54)(H,51,55)(H,52,60)(H,53,61)/t33-,34-,35-,38-,39-/m0/s1. The minimum atomic E-state index is -0.949. The van der Waals surface area contributed by atoms with E-state index in [1.165, 1.54) is 14.2 Å². The van der Waals surface area contributed by atoms with Crippen LogP contribution in [0.2, 0.25) is 10.3 Å². The molecule has 64 heavy (non-hydrogen) atoms. The lowest BCUT2D eigenvalue weighted by Gasteiger charge is -2.28. The number of imidazole rings is 2. The molecule has 0 spiro atoms. The Morgan fingerprint density at radius 2 is 1.09 bits per heavy atom. The maximum atomic E-state index is 14.2. The van der Waals surface area contributed by atoms with Crippen molar-refractivity contribution in [3.8, 4) is 33.6 Å². The Morgan fingerprint density at radius 3 is 1.55 bits per heavy atom. The van der Waals surface area contributed by atoms with Crippen LogP contribution in [0.25, 0.3) is 33.6 Å². The van der Waals surface area contributed by atoms with Gasteiger partial charge in [0.05, 0.1) is 37.7 Å². The summed E-state index contributed by atoms with van der Waals surface area (Å²) < 4.78 is 9.69. The van der Waals surface area contributed by atoms with Crippen molar-refractivity contribution in [2.24, 2.45) is 0 Å². The van der Waals surface area contributed by atoms with Crippen LogP contribution < -0.4 is 10.6 Å². The minimum Gasteiger partial charge on any atom is -0.453 e. The molecule has 0 radical (unpaired) electrons. The van der Waals surface area contributed by atoms with Gasteiger partial charge in [0.2, 0.25) is 0 Å². The number of carbonyl (C=O) groups excluding carboxylic acids is 4. The number of amides is 4. The predicted molar refractivity (Wildman–Crippen MR) is 247 cm³/mol. The quantitative estimate of drug-likeness (QED) is 0.0933. The maximum absolute atomic E-state index is 14.2. The lowest BCUT2D eigenvalue weighted by Crippen LogP contribution is -2.43. The average molecular weight is 922 g/mol. The number of H-pyrrole nitrogens is 2. The number of aromatic nitrogens is 4. The number of hydrogen-bond donors (Lipinski definition) is 4. The number of methoxy groups -OCH3 is 2. The Bertz CT molecular complexity index is 2610. The summed E-state index contributed by atoms with van der Waals surface area (Å²) in [7, 11) is 2.53. The van der Waals surface area contributed by atoms with Crippen molar-refractivity contribution in [1.82, 2.24) is 40.4 Å². The molecule has 14 nitrogen and oxygen atoms in total. The van der Waals surface area contributed by atoms with Crippen LogP contribution in [0.4, 0.5) is 9.59 Å². The Labute approximate surface area is 384 Å². The summed E-state index contributed by atoms with van der Waals surface area (Å²) in [5.41, 5.74) is 6.14. The SMILES string of the molecule is COC(=O)N[C@H](C(=O)N1CCC[C@H]1c1nc(Cl)c(-c2ccc(-c3ccc(-c4[nH]c([C@@H]5C[C@H](SC)CN5C(=O)[C@@H](NC(=O)OC)c5ccccc5)nc4Cl)cc3)cc2)[nH]1)c1ccccc1. The molecule has 4 amide bonds. The van der Waals surface area contributed by atoms with E-state index >= 15 is 0 Å². The number of rotatable bonds is 12. The summed E-state index contributed by atoms with van der Waals surface area (Å²) in [6.07, 6.45) is 2.71. The molecule has 4 aromatic carbocycles. The zero-order valence-electron chi connectivity index (χ0n) is 35.2. The van der Waals surface area contributed by atoms with Gasteiger partial charge >= 0.3 is 12.2 Å². The van der Waals surface area contributed by atoms with E-state index in [2.05, 4.69) is 25.6 Å². The van der Waals surface area contributed by atoms with Gasteiger partial charge < -0.3 is 39.9 Å². The van der Waals surface area contributed by atoms with Crippen LogP contribution in [0.3, 0.4) is 0 Å². The predicted octanol–water partition coefficient (Wildman–Crippen LogP) is 9.30. The van der Waals surface area contributed by atoms with Crippen molar-refractivity contribution >= 4 is 59.0 Å². The van der Waals surface area contributed by atoms with Crippen LogP contribution in [0.15, 0.2) is 109 Å². The number of hydrogen-bond acceptors (Lipinski definition) is 9. The highest BCUT2D eigenvalue weighted by molar-refractivity contribution is 7.99. The molecule has 0 aliphatic carbocycles. The number of nitrogens with zero attached hydrogens (tertiary/aromatic N) is 4. The van der Waals surface area contributed by atoms with E-state index in [9.17, 15) is 19.2 Å².